The van der Waals surface area contributed by atoms with Crippen LogP contribution in [-0.4, -0.2) is 48.1 Å². The summed E-state index contributed by atoms with van der Waals surface area (Å²) >= 11 is 0. The molecule has 0 heterocycles. The van der Waals surface area contributed by atoms with Gasteiger partial charge in [-0.1, -0.05) is 115 Å². The van der Waals surface area contributed by atoms with Crippen LogP contribution >= 0.6 is 0 Å². The van der Waals surface area contributed by atoms with Crippen molar-refractivity contribution in [3.63, 3.8) is 0 Å². The molecule has 0 saturated carbocycles. The van der Waals surface area contributed by atoms with Gasteiger partial charge in [0, 0.05) is 33.8 Å². The van der Waals surface area contributed by atoms with Gasteiger partial charge in [0.15, 0.2) is 5.83 Å². The minimum atomic E-state index is -1.28. The molecule has 14 nitrogen and oxygen atoms in total. The van der Waals surface area contributed by atoms with Crippen LogP contribution in [0.2, 0.25) is 0 Å². The minimum absolute atomic E-state index is 0.0661. The summed E-state index contributed by atoms with van der Waals surface area (Å²) in [6.07, 6.45) is 3.00. The van der Waals surface area contributed by atoms with Crippen molar-refractivity contribution in [2.75, 3.05) is 29.6 Å². The highest BCUT2D eigenvalue weighted by Crippen LogP contribution is 2.29. The number of hydrogen-bond acceptors (Lipinski definition) is 11. The monoisotopic (exact) mass is 1010 g/mol. The third-order valence-corrected chi connectivity index (χ3v) is 9.73. The molecule has 7 aromatic rings. The highest BCUT2D eigenvalue weighted by molar-refractivity contribution is 6.08. The number of rotatable bonds is 16. The summed E-state index contributed by atoms with van der Waals surface area (Å²) in [5.41, 5.74) is 9.48. The molecular formula is C57H49F3N4O10. The summed E-state index contributed by atoms with van der Waals surface area (Å²) in [6.45, 7) is 3.41. The first-order chi connectivity index (χ1) is 35.8. The molecule has 74 heavy (non-hydrogen) atoms. The lowest BCUT2D eigenvalue weighted by Gasteiger charge is -2.13. The van der Waals surface area contributed by atoms with Gasteiger partial charge in [-0.2, -0.15) is 8.78 Å². The van der Waals surface area contributed by atoms with Crippen LogP contribution in [0, 0.1) is 0 Å². The molecule has 0 spiro atoms. The fraction of sp³-hybridized carbons (Fsp3) is 0.0702. The van der Waals surface area contributed by atoms with Crippen molar-refractivity contribution in [2.45, 2.75) is 13.8 Å². The number of ether oxygens (including phenoxy) is 4. The lowest BCUT2D eigenvalue weighted by molar-refractivity contribution is -0.140. The van der Waals surface area contributed by atoms with E-state index < -0.39 is 47.1 Å². The zero-order valence-electron chi connectivity index (χ0n) is 39.8. The van der Waals surface area contributed by atoms with Gasteiger partial charge in [-0.3, -0.25) is 19.6 Å². The van der Waals surface area contributed by atoms with Gasteiger partial charge in [-0.25, -0.2) is 19.5 Å². The van der Waals surface area contributed by atoms with E-state index in [9.17, 15) is 37.1 Å². The summed E-state index contributed by atoms with van der Waals surface area (Å²) in [7, 11) is 0. The third kappa shape index (κ3) is 17.0. The van der Waals surface area contributed by atoms with E-state index >= 15 is 0 Å². The first-order valence-corrected chi connectivity index (χ1v) is 22.5. The third-order valence-electron chi connectivity index (χ3n) is 9.73. The van der Waals surface area contributed by atoms with Crippen molar-refractivity contribution < 1.29 is 61.3 Å². The predicted octanol–water partition coefficient (Wildman–Crippen LogP) is 12.3. The molecular weight excluding hydrogens is 958 g/mol. The second-order valence-corrected chi connectivity index (χ2v) is 14.9. The number of nitrogens with one attached hydrogen (secondary N) is 3. The number of amides is 3. The minimum Gasteiger partial charge on any atom is -0.461 e. The Bertz CT molecular complexity index is 3130. The number of para-hydroxylation sites is 7. The van der Waals surface area contributed by atoms with Crippen molar-refractivity contribution in [1.29, 1.82) is 0 Å². The number of nitrogen functional groups attached to an aromatic ring is 1. The van der Waals surface area contributed by atoms with Gasteiger partial charge in [-0.05, 0) is 98.8 Å². The van der Waals surface area contributed by atoms with Crippen molar-refractivity contribution in [2.24, 2.45) is 0 Å². The van der Waals surface area contributed by atoms with Crippen LogP contribution in [0.3, 0.4) is 0 Å². The number of halogens is 3. The maximum Gasteiger partial charge on any atom is 0.367 e. The molecule has 0 aliphatic rings. The van der Waals surface area contributed by atoms with E-state index in [4.69, 9.17) is 20.4 Å². The van der Waals surface area contributed by atoms with Gasteiger partial charge < -0.3 is 35.3 Å². The molecule has 7 aromatic carbocycles. The molecule has 0 saturated heterocycles. The molecule has 0 atom stereocenters. The number of anilines is 3. The van der Waals surface area contributed by atoms with Crippen LogP contribution in [0.4, 0.5) is 30.2 Å². The maximum absolute atomic E-state index is 14.1. The summed E-state index contributed by atoms with van der Waals surface area (Å²) in [5, 5.41) is 14.0. The average molecular weight is 1010 g/mol. The SMILES string of the molecule is CCOC(=O)/C(F)=C/c1ccccc1N.CCOC(=O)/C(F)=C/c1ccccc1NC(=O)c1ccccc1Oc1ccccc1.O=C(NO)/C(F)=C/c1ccccc1NC(=O)c1ccccc1Oc1ccccc1. The molecule has 0 aliphatic heterocycles. The topological polar surface area (TPSA) is 205 Å². The molecule has 6 N–H and O–H groups in total. The van der Waals surface area contributed by atoms with E-state index in [-0.39, 0.29) is 30.0 Å². The average Bonchev–Trinajstić information content (AvgIpc) is 3.41. The molecule has 0 aromatic heterocycles. The first kappa shape index (κ1) is 55.2. The van der Waals surface area contributed by atoms with Crippen LogP contribution in [0.15, 0.2) is 199 Å². The van der Waals surface area contributed by atoms with Crippen LogP contribution in [0.5, 0.6) is 23.0 Å². The van der Waals surface area contributed by atoms with E-state index in [1.807, 2.05) is 36.4 Å². The Morgan fingerprint density at radius 2 is 0.824 bits per heavy atom. The normalized spacial score (nSPS) is 11.0. The van der Waals surface area contributed by atoms with Gasteiger partial charge in [-0.15, -0.1) is 0 Å². The Labute approximate surface area is 424 Å². The van der Waals surface area contributed by atoms with Crippen molar-refractivity contribution in [1.82, 2.24) is 5.48 Å². The van der Waals surface area contributed by atoms with Crippen molar-refractivity contribution in [3.05, 3.63) is 227 Å². The van der Waals surface area contributed by atoms with Crippen LogP contribution in [-0.2, 0) is 23.9 Å². The molecule has 0 fully saturated rings. The lowest BCUT2D eigenvalue weighted by atomic mass is 10.1. The summed E-state index contributed by atoms with van der Waals surface area (Å²) in [5.74, 6) is -5.51. The highest BCUT2D eigenvalue weighted by atomic mass is 19.1. The van der Waals surface area contributed by atoms with Gasteiger partial charge >= 0.3 is 17.8 Å². The first-order valence-electron chi connectivity index (χ1n) is 22.5. The molecule has 378 valence electrons. The molecule has 3 amide bonds. The van der Waals surface area contributed by atoms with Gasteiger partial charge in [0.25, 0.3) is 11.8 Å². The number of benzene rings is 7. The molecule has 0 aliphatic carbocycles. The molecule has 0 bridgehead atoms. The summed E-state index contributed by atoms with van der Waals surface area (Å²) in [4.78, 5) is 59.4. The van der Waals surface area contributed by atoms with E-state index in [1.165, 1.54) is 11.5 Å². The molecule has 0 unspecified atom stereocenters. The number of hydroxylamine groups is 1. The molecule has 7 rings (SSSR count). The Morgan fingerprint density at radius 3 is 1.24 bits per heavy atom. The zero-order chi connectivity index (χ0) is 53.2. The van der Waals surface area contributed by atoms with Gasteiger partial charge in [0.2, 0.25) is 11.7 Å². The largest absolute Gasteiger partial charge is 0.461 e. The molecule has 0 radical (unpaired) electrons. The fourth-order valence-electron chi connectivity index (χ4n) is 6.26. The fourth-order valence-corrected chi connectivity index (χ4v) is 6.26. The van der Waals surface area contributed by atoms with Gasteiger partial charge in [0.1, 0.15) is 23.0 Å². The standard InChI is InChI=1S/C24H20FNO4.C22H17FN2O4.C11H12FNO2/c1-2-29-24(28)20(25)16-17-10-6-8-14-21(17)26-23(27)19-13-7-9-15-22(19)30-18-11-4-3-5-12-18;23-18(22(27)25-28)14-15-8-4-6-12-19(15)24-21(26)17-11-5-7-13-20(17)29-16-9-2-1-3-10-16;1-2-15-11(14)9(12)7-8-5-3-4-6-10(8)13/h3-16H,2H2,1H3,(H,26,27);1-14,28H,(H,24,26)(H,25,27);3-7H,2,13H2,1H3/b20-16-;18-14-;9-7-. The van der Waals surface area contributed by atoms with E-state index in [2.05, 4.69) is 20.1 Å². The second-order valence-electron chi connectivity index (χ2n) is 14.9. The van der Waals surface area contributed by atoms with E-state index in [0.717, 1.165) is 18.2 Å². The Morgan fingerprint density at radius 1 is 0.473 bits per heavy atom. The maximum atomic E-state index is 14.1. The summed E-state index contributed by atoms with van der Waals surface area (Å²) in [6, 6.07) is 51.3. The predicted molar refractivity (Wildman–Crippen MR) is 276 cm³/mol. The Kier molecular flexibility index (Phi) is 21.5. The van der Waals surface area contributed by atoms with E-state index in [1.54, 1.807) is 153 Å². The number of hydrogen-bond donors (Lipinski definition) is 5. The van der Waals surface area contributed by atoms with Crippen LogP contribution in [0.25, 0.3) is 18.2 Å². The molecule has 17 heteroatoms. The zero-order valence-corrected chi connectivity index (χ0v) is 39.8. The van der Waals surface area contributed by atoms with Crippen molar-refractivity contribution >= 4 is 65.0 Å². The summed E-state index contributed by atoms with van der Waals surface area (Å²) < 4.78 is 61.8. The number of carbonyl (C=O) groups is 5. The van der Waals surface area contributed by atoms with E-state index in [0.29, 0.717) is 51.1 Å². The quantitative estimate of drug-likeness (QED) is 0.0202. The second kappa shape index (κ2) is 28.8. The number of nitrogens with two attached hydrogens (primary N) is 1. The van der Waals surface area contributed by atoms with Crippen molar-refractivity contribution in [3.8, 4) is 23.0 Å². The highest BCUT2D eigenvalue weighted by Gasteiger charge is 2.18. The number of esters is 2. The Balaban J connectivity index is 0.000000217. The number of carbonyl (C=O) groups excluding carboxylic acids is 5. The van der Waals surface area contributed by atoms with Gasteiger partial charge in [0.05, 0.1) is 24.3 Å². The Hall–Kier alpha value is -9.74. The van der Waals surface area contributed by atoms with Crippen LogP contribution < -0.4 is 31.3 Å². The van der Waals surface area contributed by atoms with Crippen LogP contribution in [0.1, 0.15) is 51.3 Å². The smallest absolute Gasteiger partial charge is 0.367 e. The lowest BCUT2D eigenvalue weighted by Crippen LogP contribution is -2.18.